The first-order valence-electron chi connectivity index (χ1n) is 3.93. The maximum atomic E-state index is 13.0. The highest BCUT2D eigenvalue weighted by molar-refractivity contribution is 5.46. The van der Waals surface area contributed by atoms with Gasteiger partial charge in [0.2, 0.25) is 5.95 Å². The molecule has 0 radical (unpaired) electrons. The molecule has 0 amide bonds. The van der Waals surface area contributed by atoms with Gasteiger partial charge in [-0.25, -0.2) is 4.98 Å². The van der Waals surface area contributed by atoms with Crippen molar-refractivity contribution in [3.63, 3.8) is 0 Å². The van der Waals surface area contributed by atoms with Crippen LogP contribution in [-0.4, -0.2) is 4.98 Å². The Kier molecular flexibility index (Phi) is 2.58. The molecule has 0 unspecified atom stereocenters. The molecule has 1 rings (SSSR count). The van der Waals surface area contributed by atoms with Gasteiger partial charge in [0.1, 0.15) is 0 Å². The third-order valence-electron chi connectivity index (χ3n) is 1.75. The summed E-state index contributed by atoms with van der Waals surface area (Å²) in [4.78, 5) is 3.63. The first-order chi connectivity index (χ1) is 5.65. The van der Waals surface area contributed by atoms with Crippen molar-refractivity contribution < 1.29 is 4.39 Å². The molecule has 1 aromatic rings. The van der Waals surface area contributed by atoms with E-state index in [1.165, 1.54) is 6.20 Å². The van der Waals surface area contributed by atoms with Crippen molar-refractivity contribution in [2.45, 2.75) is 19.8 Å². The van der Waals surface area contributed by atoms with E-state index in [9.17, 15) is 4.39 Å². The largest absolute Gasteiger partial charge is 0.227 e. The number of pyridine rings is 1. The van der Waals surface area contributed by atoms with Gasteiger partial charge < -0.3 is 0 Å². The number of hydrogen-bond donors (Lipinski definition) is 0. The van der Waals surface area contributed by atoms with E-state index in [4.69, 9.17) is 0 Å². The van der Waals surface area contributed by atoms with E-state index in [-0.39, 0.29) is 11.9 Å². The van der Waals surface area contributed by atoms with Crippen LogP contribution in [0.15, 0.2) is 18.8 Å². The average Bonchev–Trinajstić information content (AvgIpc) is 2.05. The van der Waals surface area contributed by atoms with Crippen LogP contribution in [0.25, 0.3) is 6.08 Å². The molecule has 2 heteroatoms. The molecule has 0 saturated heterocycles. The van der Waals surface area contributed by atoms with Crippen molar-refractivity contribution in [1.82, 2.24) is 4.98 Å². The predicted molar refractivity (Wildman–Crippen MR) is 48.4 cm³/mol. The van der Waals surface area contributed by atoms with Crippen LogP contribution in [0.1, 0.15) is 30.9 Å². The molecule has 0 spiro atoms. The normalized spacial score (nSPS) is 10.3. The number of nitrogens with zero attached hydrogens (tertiary/aromatic N) is 1. The quantitative estimate of drug-likeness (QED) is 0.614. The topological polar surface area (TPSA) is 12.9 Å². The maximum absolute atomic E-state index is 13.0. The Balaban J connectivity index is 3.16. The summed E-state index contributed by atoms with van der Waals surface area (Å²) >= 11 is 0. The fourth-order valence-electron chi connectivity index (χ4n) is 0.999. The molecule has 0 aromatic carbocycles. The van der Waals surface area contributed by atoms with Crippen LogP contribution in [0.3, 0.4) is 0 Å². The zero-order valence-corrected chi connectivity index (χ0v) is 7.34. The molecule has 0 aliphatic heterocycles. The Morgan fingerprint density at radius 3 is 2.75 bits per heavy atom. The van der Waals surface area contributed by atoms with Gasteiger partial charge in [0, 0.05) is 11.8 Å². The highest BCUT2D eigenvalue weighted by Gasteiger charge is 2.07. The Labute approximate surface area is 72.0 Å². The minimum atomic E-state index is -0.379. The molecule has 0 atom stereocenters. The van der Waals surface area contributed by atoms with Crippen molar-refractivity contribution in [3.8, 4) is 0 Å². The summed E-state index contributed by atoms with van der Waals surface area (Å²) in [5.41, 5.74) is 1.51. The molecular weight excluding hydrogens is 153 g/mol. The lowest BCUT2D eigenvalue weighted by Gasteiger charge is -2.06. The van der Waals surface area contributed by atoms with Crippen LogP contribution in [0.5, 0.6) is 0 Å². The first kappa shape index (κ1) is 8.91. The molecule has 0 saturated carbocycles. The second kappa shape index (κ2) is 3.48. The molecular formula is C10H12FN. The molecule has 0 fully saturated rings. The summed E-state index contributed by atoms with van der Waals surface area (Å²) in [6, 6.07) is 1.78. The number of aromatic nitrogens is 1. The van der Waals surface area contributed by atoms with Crippen LogP contribution in [0, 0.1) is 5.95 Å². The smallest absolute Gasteiger partial charge is 0.216 e. The van der Waals surface area contributed by atoms with Crippen molar-refractivity contribution >= 4 is 6.08 Å². The Bertz CT molecular complexity index is 292. The molecule has 1 heterocycles. The van der Waals surface area contributed by atoms with Gasteiger partial charge in [-0.15, -0.1) is 0 Å². The Morgan fingerprint density at radius 2 is 2.25 bits per heavy atom. The highest BCUT2D eigenvalue weighted by Crippen LogP contribution is 2.18. The van der Waals surface area contributed by atoms with Crippen molar-refractivity contribution in [3.05, 3.63) is 35.9 Å². The van der Waals surface area contributed by atoms with Crippen LogP contribution in [-0.2, 0) is 0 Å². The molecule has 0 N–H and O–H groups in total. The van der Waals surface area contributed by atoms with Gasteiger partial charge >= 0.3 is 0 Å². The van der Waals surface area contributed by atoms with Crippen molar-refractivity contribution in [2.24, 2.45) is 0 Å². The number of hydrogen-bond acceptors (Lipinski definition) is 1. The van der Waals surface area contributed by atoms with Gasteiger partial charge in [-0.3, -0.25) is 0 Å². The summed E-state index contributed by atoms with van der Waals surface area (Å²) < 4.78 is 13.0. The summed E-state index contributed by atoms with van der Waals surface area (Å²) in [5.74, 6) is -0.215. The molecule has 1 nitrogen and oxygen atoms in total. The van der Waals surface area contributed by atoms with E-state index in [2.05, 4.69) is 11.6 Å². The fraction of sp³-hybridized carbons (Fsp3) is 0.300. The van der Waals surface area contributed by atoms with Crippen LogP contribution >= 0.6 is 0 Å². The fourth-order valence-corrected chi connectivity index (χ4v) is 0.999. The molecule has 12 heavy (non-hydrogen) atoms. The molecule has 0 aliphatic carbocycles. The predicted octanol–water partition coefficient (Wildman–Crippen LogP) is 2.99. The van der Waals surface area contributed by atoms with Gasteiger partial charge in [0.05, 0.1) is 0 Å². The van der Waals surface area contributed by atoms with E-state index in [0.29, 0.717) is 5.56 Å². The van der Waals surface area contributed by atoms with E-state index in [1.54, 1.807) is 12.1 Å². The third-order valence-corrected chi connectivity index (χ3v) is 1.75. The Hall–Kier alpha value is -1.18. The average molecular weight is 165 g/mol. The van der Waals surface area contributed by atoms with Crippen LogP contribution in [0.2, 0.25) is 0 Å². The van der Waals surface area contributed by atoms with E-state index in [0.717, 1.165) is 5.56 Å². The zero-order chi connectivity index (χ0) is 9.14. The summed E-state index contributed by atoms with van der Waals surface area (Å²) in [6.07, 6.45) is 3.15. The summed E-state index contributed by atoms with van der Waals surface area (Å²) in [6.45, 7) is 7.47. The van der Waals surface area contributed by atoms with Crippen molar-refractivity contribution in [1.29, 1.82) is 0 Å². The maximum Gasteiger partial charge on any atom is 0.216 e. The second-order valence-corrected chi connectivity index (χ2v) is 3.01. The van der Waals surface area contributed by atoms with E-state index >= 15 is 0 Å². The van der Waals surface area contributed by atoms with Gasteiger partial charge in [0.25, 0.3) is 0 Å². The zero-order valence-electron chi connectivity index (χ0n) is 7.34. The SMILES string of the molecule is C=Cc1cnc(F)c(C(C)C)c1. The molecule has 0 bridgehead atoms. The van der Waals surface area contributed by atoms with Crippen LogP contribution < -0.4 is 0 Å². The summed E-state index contributed by atoms with van der Waals surface area (Å²) in [5, 5.41) is 0. The lowest BCUT2D eigenvalue weighted by Crippen LogP contribution is -1.96. The van der Waals surface area contributed by atoms with Crippen LogP contribution in [0.4, 0.5) is 4.39 Å². The molecule has 0 aliphatic rings. The van der Waals surface area contributed by atoms with Gasteiger partial charge in [-0.2, -0.15) is 4.39 Å². The second-order valence-electron chi connectivity index (χ2n) is 3.01. The Morgan fingerprint density at radius 1 is 1.58 bits per heavy atom. The van der Waals surface area contributed by atoms with Crippen molar-refractivity contribution in [2.75, 3.05) is 0 Å². The monoisotopic (exact) mass is 165 g/mol. The number of rotatable bonds is 2. The van der Waals surface area contributed by atoms with Gasteiger partial charge in [0.15, 0.2) is 0 Å². The third kappa shape index (κ3) is 1.70. The molecule has 1 aromatic heterocycles. The standard InChI is InChI=1S/C10H12FN/c1-4-8-5-9(7(2)3)10(11)12-6-8/h4-7H,1H2,2-3H3. The van der Waals surface area contributed by atoms with Gasteiger partial charge in [-0.1, -0.05) is 26.5 Å². The minimum absolute atomic E-state index is 0.164. The minimum Gasteiger partial charge on any atom is -0.227 e. The van der Waals surface area contributed by atoms with E-state index < -0.39 is 0 Å². The first-order valence-corrected chi connectivity index (χ1v) is 3.93. The lowest BCUT2D eigenvalue weighted by atomic mass is 10.0. The molecule has 64 valence electrons. The number of halogens is 1. The van der Waals surface area contributed by atoms with E-state index in [1.807, 2.05) is 13.8 Å². The summed E-state index contributed by atoms with van der Waals surface area (Å²) in [7, 11) is 0. The highest BCUT2D eigenvalue weighted by atomic mass is 19.1. The van der Waals surface area contributed by atoms with Gasteiger partial charge in [-0.05, 0) is 17.5 Å². The lowest BCUT2D eigenvalue weighted by molar-refractivity contribution is 0.556.